The Bertz CT molecular complexity index is 216. The minimum absolute atomic E-state index is 0.315. The maximum Gasteiger partial charge on any atom is 0.115 e. The highest BCUT2D eigenvalue weighted by atomic mass is 16.3. The molecule has 11 heavy (non-hydrogen) atoms. The third kappa shape index (κ3) is 2.60. The molecule has 1 aromatic rings. The summed E-state index contributed by atoms with van der Waals surface area (Å²) in [6.45, 7) is 0.889. The summed E-state index contributed by atoms with van der Waals surface area (Å²) in [4.78, 5) is 1.13. The fraction of sp³-hybridized carbons (Fsp3) is 0.222. The zero-order valence-electron chi connectivity index (χ0n) is 6.67. The molecule has 2 N–H and O–H groups in total. The third-order valence-corrected chi connectivity index (χ3v) is 1.44. The predicted octanol–water partition coefficient (Wildman–Crippen LogP) is 0.198. The lowest BCUT2D eigenvalue weighted by molar-refractivity contribution is -0.846. The van der Waals surface area contributed by atoms with Crippen LogP contribution in [0, 0.1) is 7.05 Å². The van der Waals surface area contributed by atoms with E-state index in [2.05, 4.69) is 7.05 Å². The van der Waals surface area contributed by atoms with Crippen LogP contribution >= 0.6 is 0 Å². The molecule has 0 fully saturated rings. The van der Waals surface area contributed by atoms with Crippen molar-refractivity contribution >= 4 is 0 Å². The Labute approximate surface area is 67.1 Å². The SMILES string of the molecule is [CH2-][NH+](C)Cc1ccc(O)cc1. The summed E-state index contributed by atoms with van der Waals surface area (Å²) in [5, 5.41) is 8.97. The Balaban J connectivity index is 2.66. The minimum Gasteiger partial charge on any atom is -0.508 e. The van der Waals surface area contributed by atoms with Gasteiger partial charge in [0.1, 0.15) is 5.75 Å². The van der Waals surface area contributed by atoms with Gasteiger partial charge in [0.2, 0.25) is 0 Å². The van der Waals surface area contributed by atoms with E-state index in [1.165, 1.54) is 5.56 Å². The highest BCUT2D eigenvalue weighted by Crippen LogP contribution is 2.08. The average Bonchev–Trinajstić information content (AvgIpc) is 1.93. The maximum absolute atomic E-state index is 8.97. The number of benzene rings is 1. The number of quaternary nitrogens is 1. The Morgan fingerprint density at radius 2 is 1.91 bits per heavy atom. The topological polar surface area (TPSA) is 24.7 Å². The van der Waals surface area contributed by atoms with E-state index in [0.717, 1.165) is 11.4 Å². The van der Waals surface area contributed by atoms with Crippen LogP contribution in [0.25, 0.3) is 0 Å². The zero-order valence-corrected chi connectivity index (χ0v) is 6.67. The molecule has 2 heteroatoms. The number of rotatable bonds is 2. The van der Waals surface area contributed by atoms with Crippen LogP contribution in [0.2, 0.25) is 0 Å². The molecule has 0 amide bonds. The van der Waals surface area contributed by atoms with Crippen LogP contribution < -0.4 is 4.90 Å². The van der Waals surface area contributed by atoms with Crippen molar-refractivity contribution in [3.8, 4) is 5.75 Å². The summed E-state index contributed by atoms with van der Waals surface area (Å²) in [6.07, 6.45) is 0. The maximum atomic E-state index is 8.97. The normalized spacial score (nSPS) is 12.9. The lowest BCUT2D eigenvalue weighted by Crippen LogP contribution is -3.01. The number of aromatic hydroxyl groups is 1. The monoisotopic (exact) mass is 151 g/mol. The summed E-state index contributed by atoms with van der Waals surface area (Å²) in [6, 6.07) is 7.20. The lowest BCUT2D eigenvalue weighted by atomic mass is 10.2. The van der Waals surface area contributed by atoms with Gasteiger partial charge < -0.3 is 10.0 Å². The van der Waals surface area contributed by atoms with Crippen LogP contribution in [0.1, 0.15) is 5.56 Å². The molecule has 0 spiro atoms. The van der Waals surface area contributed by atoms with Gasteiger partial charge in [-0.3, -0.25) is 0 Å². The third-order valence-electron chi connectivity index (χ3n) is 1.44. The molecule has 1 aromatic carbocycles. The average molecular weight is 151 g/mol. The van der Waals surface area contributed by atoms with E-state index in [-0.39, 0.29) is 0 Å². The highest BCUT2D eigenvalue weighted by molar-refractivity contribution is 5.25. The second kappa shape index (κ2) is 3.39. The Morgan fingerprint density at radius 1 is 1.36 bits per heavy atom. The first-order chi connectivity index (χ1) is 5.18. The molecule has 60 valence electrons. The smallest absolute Gasteiger partial charge is 0.115 e. The number of phenols is 1. The first-order valence-electron chi connectivity index (χ1n) is 3.61. The van der Waals surface area contributed by atoms with Crippen molar-refractivity contribution in [3.63, 3.8) is 0 Å². The molecule has 0 saturated carbocycles. The van der Waals surface area contributed by atoms with Gasteiger partial charge in [0.05, 0.1) is 6.54 Å². The van der Waals surface area contributed by atoms with Crippen LogP contribution in [-0.2, 0) is 6.54 Å². The van der Waals surface area contributed by atoms with Gasteiger partial charge in [-0.15, -0.1) is 0 Å². The number of hydrogen-bond donors (Lipinski definition) is 2. The predicted molar refractivity (Wildman–Crippen MR) is 44.1 cm³/mol. The van der Waals surface area contributed by atoms with Crippen LogP contribution in [-0.4, -0.2) is 12.2 Å². The van der Waals surface area contributed by atoms with E-state index in [1.807, 2.05) is 19.2 Å². The van der Waals surface area contributed by atoms with E-state index < -0.39 is 0 Å². The molecule has 0 heterocycles. The van der Waals surface area contributed by atoms with Crippen molar-refractivity contribution in [1.29, 1.82) is 0 Å². The molecule has 0 radical (unpaired) electrons. The minimum atomic E-state index is 0.315. The second-order valence-corrected chi connectivity index (χ2v) is 2.80. The van der Waals surface area contributed by atoms with Crippen LogP contribution in [0.3, 0.4) is 0 Å². The number of nitrogens with one attached hydrogen (secondary N) is 1. The van der Waals surface area contributed by atoms with Gasteiger partial charge in [-0.2, -0.15) is 7.05 Å². The standard InChI is InChI=1S/C9H13NO/c1-10(2)7-8-3-5-9(11)6-4-8/h3-6,10-11H,1,7H2,2H3. The Morgan fingerprint density at radius 3 is 2.36 bits per heavy atom. The van der Waals surface area contributed by atoms with E-state index >= 15 is 0 Å². The summed E-state index contributed by atoms with van der Waals surface area (Å²) in [7, 11) is 5.80. The Hall–Kier alpha value is -1.02. The molecule has 1 atom stereocenters. The van der Waals surface area contributed by atoms with Crippen LogP contribution in [0.5, 0.6) is 5.75 Å². The first-order valence-corrected chi connectivity index (χ1v) is 3.61. The van der Waals surface area contributed by atoms with E-state index in [0.29, 0.717) is 5.75 Å². The molecule has 1 rings (SSSR count). The van der Waals surface area contributed by atoms with Crippen molar-refractivity contribution in [2.24, 2.45) is 0 Å². The molecular weight excluding hydrogens is 138 g/mol. The molecule has 0 aliphatic rings. The molecule has 2 nitrogen and oxygen atoms in total. The summed E-state index contributed by atoms with van der Waals surface area (Å²) in [5.41, 5.74) is 1.19. The molecule has 0 aromatic heterocycles. The van der Waals surface area contributed by atoms with Crippen molar-refractivity contribution in [3.05, 3.63) is 36.9 Å². The second-order valence-electron chi connectivity index (χ2n) is 2.80. The van der Waals surface area contributed by atoms with Gasteiger partial charge in [-0.25, -0.2) is 0 Å². The van der Waals surface area contributed by atoms with Gasteiger partial charge in [-0.1, -0.05) is 0 Å². The largest absolute Gasteiger partial charge is 0.508 e. The van der Waals surface area contributed by atoms with Gasteiger partial charge in [-0.05, 0) is 24.3 Å². The van der Waals surface area contributed by atoms with Gasteiger partial charge >= 0.3 is 0 Å². The first kappa shape index (κ1) is 8.08. The molecular formula is C9H13NO. The fourth-order valence-electron chi connectivity index (χ4n) is 0.962. The van der Waals surface area contributed by atoms with Crippen molar-refractivity contribution in [2.75, 3.05) is 7.05 Å². The molecule has 0 bridgehead atoms. The summed E-state index contributed by atoms with van der Waals surface area (Å²) >= 11 is 0. The van der Waals surface area contributed by atoms with Crippen molar-refractivity contribution in [2.45, 2.75) is 6.54 Å². The summed E-state index contributed by atoms with van der Waals surface area (Å²) < 4.78 is 0. The lowest BCUT2D eigenvalue weighted by Gasteiger charge is -2.13. The fourth-order valence-corrected chi connectivity index (χ4v) is 0.962. The van der Waals surface area contributed by atoms with Gasteiger partial charge in [0.25, 0.3) is 0 Å². The van der Waals surface area contributed by atoms with Crippen molar-refractivity contribution < 1.29 is 10.0 Å². The molecule has 1 unspecified atom stereocenters. The number of phenolic OH excluding ortho intramolecular Hbond substituents is 1. The molecule has 0 aliphatic carbocycles. The number of hydrogen-bond acceptors (Lipinski definition) is 1. The summed E-state index contributed by atoms with van der Waals surface area (Å²) in [5.74, 6) is 0.315. The van der Waals surface area contributed by atoms with Crippen LogP contribution in [0.15, 0.2) is 24.3 Å². The van der Waals surface area contributed by atoms with E-state index in [1.54, 1.807) is 12.1 Å². The van der Waals surface area contributed by atoms with E-state index in [4.69, 9.17) is 5.11 Å². The Kier molecular flexibility index (Phi) is 2.49. The quantitative estimate of drug-likeness (QED) is 0.580. The highest BCUT2D eigenvalue weighted by Gasteiger charge is 1.93. The van der Waals surface area contributed by atoms with Crippen molar-refractivity contribution in [1.82, 2.24) is 0 Å². The van der Waals surface area contributed by atoms with Gasteiger partial charge in [0.15, 0.2) is 0 Å². The van der Waals surface area contributed by atoms with Crippen LogP contribution in [0.4, 0.5) is 0 Å². The zero-order chi connectivity index (χ0) is 8.27. The molecule has 0 saturated heterocycles. The molecule has 0 aliphatic heterocycles. The van der Waals surface area contributed by atoms with Gasteiger partial charge in [0, 0.05) is 12.6 Å². The van der Waals surface area contributed by atoms with E-state index in [9.17, 15) is 0 Å².